The van der Waals surface area contributed by atoms with Crippen molar-refractivity contribution in [1.29, 1.82) is 0 Å². The van der Waals surface area contributed by atoms with Crippen LogP contribution in [-0.2, 0) is 0 Å². The highest BCUT2D eigenvalue weighted by Gasteiger charge is 2.26. The molecule has 1 saturated heterocycles. The molecular weight excluding hydrogens is 409 g/mol. The number of halogens is 1. The van der Waals surface area contributed by atoms with E-state index >= 15 is 0 Å². The van der Waals surface area contributed by atoms with E-state index in [9.17, 15) is 9.18 Å². The van der Waals surface area contributed by atoms with Crippen LogP contribution >= 0.6 is 0 Å². The molecule has 3 heterocycles. The van der Waals surface area contributed by atoms with E-state index in [0.717, 1.165) is 50.2 Å². The Labute approximate surface area is 185 Å². The summed E-state index contributed by atoms with van der Waals surface area (Å²) in [5.74, 6) is -0.181. The molecule has 1 aromatic carbocycles. The zero-order valence-corrected chi connectivity index (χ0v) is 17.9. The molecule has 1 saturated carbocycles. The topological polar surface area (TPSA) is 96.8 Å². The molecule has 166 valence electrons. The molecule has 1 aliphatic carbocycles. The number of hydrogen-bond donors (Lipinski definition) is 3. The van der Waals surface area contributed by atoms with Crippen molar-refractivity contribution in [2.45, 2.75) is 44.7 Å². The average Bonchev–Trinajstić information content (AvgIpc) is 3.46. The van der Waals surface area contributed by atoms with Gasteiger partial charge in [0, 0.05) is 23.8 Å². The first kappa shape index (κ1) is 20.6. The number of carbonyl (C=O) groups is 1. The highest BCUT2D eigenvalue weighted by molar-refractivity contribution is 5.95. The Morgan fingerprint density at radius 2 is 1.94 bits per heavy atom. The van der Waals surface area contributed by atoms with E-state index in [1.54, 1.807) is 36.3 Å². The Hall–Kier alpha value is -3.33. The summed E-state index contributed by atoms with van der Waals surface area (Å²) in [6, 6.07) is 3.47. The molecule has 0 radical (unpaired) electrons. The maximum Gasteiger partial charge on any atom is 0.254 e. The Kier molecular flexibility index (Phi) is 5.57. The summed E-state index contributed by atoms with van der Waals surface area (Å²) in [5, 5.41) is 14.1. The van der Waals surface area contributed by atoms with E-state index in [1.807, 2.05) is 6.20 Å². The number of amides is 1. The molecule has 1 amide bonds. The molecule has 2 aromatic heterocycles. The van der Waals surface area contributed by atoms with E-state index in [0.29, 0.717) is 23.0 Å². The van der Waals surface area contributed by atoms with Gasteiger partial charge in [-0.3, -0.25) is 9.78 Å². The highest BCUT2D eigenvalue weighted by atomic mass is 19.1. The van der Waals surface area contributed by atoms with Crippen LogP contribution in [0.15, 0.2) is 36.9 Å². The van der Waals surface area contributed by atoms with Gasteiger partial charge in [0.1, 0.15) is 11.6 Å². The molecule has 0 bridgehead atoms. The lowest BCUT2D eigenvalue weighted by atomic mass is 10.1. The number of hydrogen-bond acceptors (Lipinski definition) is 6. The molecule has 8 nitrogen and oxygen atoms in total. The van der Waals surface area contributed by atoms with Gasteiger partial charge in [-0.25, -0.2) is 14.1 Å². The highest BCUT2D eigenvalue weighted by Crippen LogP contribution is 2.25. The van der Waals surface area contributed by atoms with Crippen molar-refractivity contribution in [3.05, 3.63) is 53.9 Å². The van der Waals surface area contributed by atoms with Crippen molar-refractivity contribution >= 4 is 11.7 Å². The van der Waals surface area contributed by atoms with E-state index in [1.165, 1.54) is 6.07 Å². The Balaban J connectivity index is 1.39. The molecule has 0 atom stereocenters. The van der Waals surface area contributed by atoms with Crippen LogP contribution in [0.25, 0.3) is 16.9 Å². The molecule has 32 heavy (non-hydrogen) atoms. The summed E-state index contributed by atoms with van der Waals surface area (Å²) in [6.07, 6.45) is 10.9. The van der Waals surface area contributed by atoms with Gasteiger partial charge in [-0.05, 0) is 63.4 Å². The summed E-state index contributed by atoms with van der Waals surface area (Å²) >= 11 is 0. The molecular formula is C23H26FN7O. The first-order valence-corrected chi connectivity index (χ1v) is 11.0. The van der Waals surface area contributed by atoms with Gasteiger partial charge in [0.25, 0.3) is 5.91 Å². The van der Waals surface area contributed by atoms with Gasteiger partial charge in [-0.1, -0.05) is 0 Å². The van der Waals surface area contributed by atoms with Crippen LogP contribution in [0.2, 0.25) is 0 Å². The zero-order chi connectivity index (χ0) is 22.1. The number of anilines is 1. The summed E-state index contributed by atoms with van der Waals surface area (Å²) in [7, 11) is 0. The normalized spacial score (nSPS) is 16.7. The molecule has 3 N–H and O–H groups in total. The van der Waals surface area contributed by atoms with Gasteiger partial charge in [-0.2, -0.15) is 5.10 Å². The van der Waals surface area contributed by atoms with Gasteiger partial charge >= 0.3 is 0 Å². The Morgan fingerprint density at radius 1 is 1.12 bits per heavy atom. The Morgan fingerprint density at radius 3 is 2.72 bits per heavy atom. The van der Waals surface area contributed by atoms with Crippen molar-refractivity contribution in [3.8, 4) is 16.9 Å². The first-order valence-electron chi connectivity index (χ1n) is 11.0. The second kappa shape index (κ2) is 8.66. The third-order valence-corrected chi connectivity index (χ3v) is 5.89. The molecule has 2 aliphatic rings. The lowest BCUT2D eigenvalue weighted by molar-refractivity contribution is 0.0947. The molecule has 1 aliphatic heterocycles. The van der Waals surface area contributed by atoms with E-state index in [4.69, 9.17) is 4.98 Å². The number of aryl methyl sites for hydroxylation is 1. The largest absolute Gasteiger partial charge is 0.366 e. The fourth-order valence-electron chi connectivity index (χ4n) is 3.91. The molecule has 0 spiro atoms. The smallest absolute Gasteiger partial charge is 0.254 e. The first-order chi connectivity index (χ1) is 15.6. The van der Waals surface area contributed by atoms with Gasteiger partial charge < -0.3 is 16.0 Å². The van der Waals surface area contributed by atoms with Gasteiger partial charge in [-0.15, -0.1) is 0 Å². The van der Waals surface area contributed by atoms with E-state index in [-0.39, 0.29) is 17.5 Å². The van der Waals surface area contributed by atoms with E-state index < -0.39 is 5.82 Å². The van der Waals surface area contributed by atoms with Crippen LogP contribution in [0.3, 0.4) is 0 Å². The van der Waals surface area contributed by atoms with Crippen molar-refractivity contribution in [2.75, 3.05) is 18.4 Å². The minimum absolute atomic E-state index is 0.0301. The van der Waals surface area contributed by atoms with Crippen molar-refractivity contribution in [3.63, 3.8) is 0 Å². The number of aromatic nitrogens is 4. The SMILES string of the molecule is Cc1cc(F)c(C(=O)NC2CC2)cc1-n1cc(-c2cncc(NC3CCNCC3)n2)cn1. The van der Waals surface area contributed by atoms with Crippen LogP contribution in [0.5, 0.6) is 0 Å². The number of benzene rings is 1. The molecule has 2 fully saturated rings. The third kappa shape index (κ3) is 4.47. The van der Waals surface area contributed by atoms with Crippen LogP contribution in [0.1, 0.15) is 41.6 Å². The van der Waals surface area contributed by atoms with Crippen molar-refractivity contribution in [1.82, 2.24) is 30.4 Å². The molecule has 5 rings (SSSR count). The van der Waals surface area contributed by atoms with Gasteiger partial charge in [0.2, 0.25) is 0 Å². The zero-order valence-electron chi connectivity index (χ0n) is 17.9. The maximum atomic E-state index is 14.5. The summed E-state index contributed by atoms with van der Waals surface area (Å²) in [4.78, 5) is 21.5. The van der Waals surface area contributed by atoms with Gasteiger partial charge in [0.15, 0.2) is 0 Å². The number of piperidine rings is 1. The third-order valence-electron chi connectivity index (χ3n) is 5.89. The monoisotopic (exact) mass is 435 g/mol. The van der Waals surface area contributed by atoms with Crippen molar-refractivity contribution in [2.24, 2.45) is 0 Å². The summed E-state index contributed by atoms with van der Waals surface area (Å²) in [5.41, 5.74) is 2.85. The van der Waals surface area contributed by atoms with Crippen molar-refractivity contribution < 1.29 is 9.18 Å². The standard InChI is InChI=1S/C23H26FN7O/c1-14-8-19(24)18(23(32)29-16-2-3-16)9-21(14)31-13-15(10-27-31)20-11-26-12-22(30-20)28-17-4-6-25-7-5-17/h8-13,16-17,25H,2-7H2,1H3,(H,28,30)(H,29,32). The van der Waals surface area contributed by atoms with Crippen LogP contribution in [0.4, 0.5) is 10.2 Å². The molecule has 0 unspecified atom stereocenters. The maximum absolute atomic E-state index is 14.5. The lowest BCUT2D eigenvalue weighted by Crippen LogP contribution is -2.35. The van der Waals surface area contributed by atoms with Crippen LogP contribution < -0.4 is 16.0 Å². The summed E-state index contributed by atoms with van der Waals surface area (Å²) < 4.78 is 16.1. The van der Waals surface area contributed by atoms with Gasteiger partial charge in [0.05, 0.1) is 35.5 Å². The Bertz CT molecular complexity index is 1140. The number of carbonyl (C=O) groups excluding carboxylic acids is 1. The number of nitrogens with one attached hydrogen (secondary N) is 3. The minimum atomic E-state index is -0.528. The number of rotatable bonds is 6. The van der Waals surface area contributed by atoms with Crippen LogP contribution in [0, 0.1) is 12.7 Å². The predicted molar refractivity (Wildman–Crippen MR) is 119 cm³/mol. The predicted octanol–water partition coefficient (Wildman–Crippen LogP) is 2.83. The second-order valence-electron chi connectivity index (χ2n) is 8.50. The fourth-order valence-corrected chi connectivity index (χ4v) is 3.91. The average molecular weight is 436 g/mol. The number of nitrogens with zero attached hydrogens (tertiary/aromatic N) is 4. The minimum Gasteiger partial charge on any atom is -0.366 e. The van der Waals surface area contributed by atoms with E-state index in [2.05, 4.69) is 26.0 Å². The fraction of sp³-hybridized carbons (Fsp3) is 0.391. The molecule has 9 heteroatoms. The summed E-state index contributed by atoms with van der Waals surface area (Å²) in [6.45, 7) is 3.79. The van der Waals surface area contributed by atoms with Crippen LogP contribution in [-0.4, -0.2) is 50.8 Å². The molecule has 3 aromatic rings. The quantitative estimate of drug-likeness (QED) is 0.551. The second-order valence-corrected chi connectivity index (χ2v) is 8.50. The lowest BCUT2D eigenvalue weighted by Gasteiger charge is -2.24.